The van der Waals surface area contributed by atoms with Crippen molar-refractivity contribution in [3.05, 3.63) is 59.7 Å². The maximum absolute atomic E-state index is 12.1. The van der Waals surface area contributed by atoms with Gasteiger partial charge in [0.2, 0.25) is 0 Å². The van der Waals surface area contributed by atoms with Crippen LogP contribution in [0.25, 0.3) is 0 Å². The highest BCUT2D eigenvalue weighted by Crippen LogP contribution is 2.16. The number of carbonyl (C=O) groups excluding carboxylic acids is 4. The standard InChI is InChI=1S/C22H23NO6/c1-3-28-17-10-8-16(9-11-17)20(25)12-13-22(27)29-14-21(26)23-19-7-5-4-6-18(19)15(2)24/h4-11H,3,12-14H2,1-2H3,(H,23,26). The zero-order valence-electron chi connectivity index (χ0n) is 16.4. The third-order valence-electron chi connectivity index (χ3n) is 3.99. The molecule has 152 valence electrons. The predicted molar refractivity (Wildman–Crippen MR) is 107 cm³/mol. The number of amides is 1. The van der Waals surface area contributed by atoms with E-state index in [0.717, 1.165) is 0 Å². The number of nitrogens with one attached hydrogen (secondary N) is 1. The fourth-order valence-corrected chi connectivity index (χ4v) is 2.57. The minimum absolute atomic E-state index is 0.0262. The topological polar surface area (TPSA) is 98.8 Å². The molecule has 0 aliphatic carbocycles. The highest BCUT2D eigenvalue weighted by Gasteiger charge is 2.14. The summed E-state index contributed by atoms with van der Waals surface area (Å²) >= 11 is 0. The zero-order valence-corrected chi connectivity index (χ0v) is 16.4. The van der Waals surface area contributed by atoms with Crippen LogP contribution in [0.1, 0.15) is 47.4 Å². The lowest BCUT2D eigenvalue weighted by Crippen LogP contribution is -2.22. The molecule has 1 amide bonds. The summed E-state index contributed by atoms with van der Waals surface area (Å²) in [6, 6.07) is 13.2. The number of Topliss-reactive ketones (excluding diaryl/α,β-unsaturated/α-hetero) is 2. The van der Waals surface area contributed by atoms with Crippen LogP contribution >= 0.6 is 0 Å². The average Bonchev–Trinajstić information content (AvgIpc) is 2.71. The third-order valence-corrected chi connectivity index (χ3v) is 3.99. The molecule has 2 aromatic rings. The molecule has 0 atom stereocenters. The number of anilines is 1. The van der Waals surface area contributed by atoms with Gasteiger partial charge in [-0.05, 0) is 50.2 Å². The van der Waals surface area contributed by atoms with Crippen molar-refractivity contribution in [2.24, 2.45) is 0 Å². The van der Waals surface area contributed by atoms with Crippen LogP contribution < -0.4 is 10.1 Å². The van der Waals surface area contributed by atoms with E-state index in [1.54, 1.807) is 48.5 Å². The van der Waals surface area contributed by atoms with E-state index in [1.165, 1.54) is 6.92 Å². The maximum atomic E-state index is 12.1. The van der Waals surface area contributed by atoms with Crippen LogP contribution in [0, 0.1) is 0 Å². The fraction of sp³-hybridized carbons (Fsp3) is 0.273. The molecule has 7 nitrogen and oxygen atoms in total. The second kappa shape index (κ2) is 10.8. The molecular formula is C22H23NO6. The van der Waals surface area contributed by atoms with Gasteiger partial charge in [-0.1, -0.05) is 12.1 Å². The summed E-state index contributed by atoms with van der Waals surface area (Å²) < 4.78 is 10.2. The summed E-state index contributed by atoms with van der Waals surface area (Å²) in [7, 11) is 0. The minimum atomic E-state index is -0.653. The van der Waals surface area contributed by atoms with Gasteiger partial charge in [0.15, 0.2) is 18.2 Å². The molecule has 0 radical (unpaired) electrons. The molecule has 0 aliphatic rings. The monoisotopic (exact) mass is 397 g/mol. The Balaban J connectivity index is 1.77. The Labute approximate surface area is 169 Å². The summed E-state index contributed by atoms with van der Waals surface area (Å²) in [5, 5.41) is 2.54. The molecule has 2 rings (SSSR count). The van der Waals surface area contributed by atoms with Gasteiger partial charge in [0.05, 0.1) is 18.7 Å². The van der Waals surface area contributed by atoms with E-state index >= 15 is 0 Å². The highest BCUT2D eigenvalue weighted by atomic mass is 16.5. The van der Waals surface area contributed by atoms with Gasteiger partial charge in [-0.3, -0.25) is 19.2 Å². The quantitative estimate of drug-likeness (QED) is 0.487. The molecule has 0 heterocycles. The molecular weight excluding hydrogens is 374 g/mol. The predicted octanol–water partition coefficient (Wildman–Crippen LogP) is 3.43. The Bertz CT molecular complexity index is 888. The van der Waals surface area contributed by atoms with E-state index in [1.807, 2.05) is 6.92 Å². The number of para-hydroxylation sites is 1. The van der Waals surface area contributed by atoms with Gasteiger partial charge in [-0.25, -0.2) is 0 Å². The first-order chi connectivity index (χ1) is 13.9. The minimum Gasteiger partial charge on any atom is -0.494 e. The van der Waals surface area contributed by atoms with Crippen molar-refractivity contribution in [3.63, 3.8) is 0 Å². The molecule has 29 heavy (non-hydrogen) atoms. The first-order valence-corrected chi connectivity index (χ1v) is 9.22. The Morgan fingerprint density at radius 2 is 1.62 bits per heavy atom. The van der Waals surface area contributed by atoms with Crippen molar-refractivity contribution in [2.45, 2.75) is 26.7 Å². The van der Waals surface area contributed by atoms with Crippen LogP contribution in [0.4, 0.5) is 5.69 Å². The number of ketones is 2. The lowest BCUT2D eigenvalue weighted by Gasteiger charge is -2.09. The van der Waals surface area contributed by atoms with Crippen molar-refractivity contribution in [3.8, 4) is 5.75 Å². The summed E-state index contributed by atoms with van der Waals surface area (Å²) in [6.07, 6.45) is -0.162. The van der Waals surface area contributed by atoms with E-state index in [9.17, 15) is 19.2 Å². The van der Waals surface area contributed by atoms with Crippen LogP contribution in [0.2, 0.25) is 0 Å². The van der Waals surface area contributed by atoms with E-state index in [2.05, 4.69) is 5.32 Å². The van der Waals surface area contributed by atoms with Gasteiger partial charge in [0, 0.05) is 17.5 Å². The summed E-state index contributed by atoms with van der Waals surface area (Å²) in [5.41, 5.74) is 1.19. The molecule has 1 N–H and O–H groups in total. The molecule has 0 aromatic heterocycles. The largest absolute Gasteiger partial charge is 0.494 e. The van der Waals surface area contributed by atoms with Crippen LogP contribution in [-0.4, -0.2) is 36.7 Å². The van der Waals surface area contributed by atoms with Gasteiger partial charge in [-0.15, -0.1) is 0 Å². The second-order valence-corrected chi connectivity index (χ2v) is 6.19. The third kappa shape index (κ3) is 6.88. The van der Waals surface area contributed by atoms with Gasteiger partial charge in [0.25, 0.3) is 5.91 Å². The van der Waals surface area contributed by atoms with Gasteiger partial charge < -0.3 is 14.8 Å². The number of esters is 1. The van der Waals surface area contributed by atoms with Crippen molar-refractivity contribution >= 4 is 29.1 Å². The van der Waals surface area contributed by atoms with Crippen LogP contribution in [0.15, 0.2) is 48.5 Å². The maximum Gasteiger partial charge on any atom is 0.306 e. The first kappa shape index (κ1) is 21.8. The van der Waals surface area contributed by atoms with Crippen molar-refractivity contribution in [1.29, 1.82) is 0 Å². The second-order valence-electron chi connectivity index (χ2n) is 6.19. The fourth-order valence-electron chi connectivity index (χ4n) is 2.57. The van der Waals surface area contributed by atoms with Gasteiger partial charge in [0.1, 0.15) is 5.75 Å². The van der Waals surface area contributed by atoms with E-state index in [4.69, 9.17) is 9.47 Å². The van der Waals surface area contributed by atoms with Crippen molar-refractivity contribution in [2.75, 3.05) is 18.5 Å². The number of rotatable bonds is 10. The molecule has 0 saturated carbocycles. The summed E-state index contributed by atoms with van der Waals surface area (Å²) in [5.74, 6) is -0.944. The Morgan fingerprint density at radius 1 is 0.931 bits per heavy atom. The molecule has 0 aliphatic heterocycles. The Kier molecular flexibility index (Phi) is 8.09. The molecule has 0 bridgehead atoms. The van der Waals surface area contributed by atoms with E-state index < -0.39 is 18.5 Å². The lowest BCUT2D eigenvalue weighted by molar-refractivity contribution is -0.147. The molecule has 0 unspecified atom stereocenters. The van der Waals surface area contributed by atoms with E-state index in [-0.39, 0.29) is 24.4 Å². The van der Waals surface area contributed by atoms with Gasteiger partial charge >= 0.3 is 5.97 Å². The summed E-state index contributed by atoms with van der Waals surface area (Å²) in [4.78, 5) is 47.5. The van der Waals surface area contributed by atoms with Crippen molar-refractivity contribution in [1.82, 2.24) is 0 Å². The normalized spacial score (nSPS) is 10.1. The molecule has 7 heteroatoms. The zero-order chi connectivity index (χ0) is 21.2. The molecule has 0 fully saturated rings. The number of hydrogen-bond donors (Lipinski definition) is 1. The van der Waals surface area contributed by atoms with Crippen LogP contribution in [-0.2, 0) is 14.3 Å². The molecule has 0 spiro atoms. The Morgan fingerprint density at radius 3 is 2.28 bits per heavy atom. The average molecular weight is 397 g/mol. The Hall–Kier alpha value is -3.48. The van der Waals surface area contributed by atoms with Crippen LogP contribution in [0.5, 0.6) is 5.75 Å². The number of hydrogen-bond acceptors (Lipinski definition) is 6. The number of benzene rings is 2. The van der Waals surface area contributed by atoms with E-state index in [0.29, 0.717) is 29.2 Å². The SMILES string of the molecule is CCOc1ccc(C(=O)CCC(=O)OCC(=O)Nc2ccccc2C(C)=O)cc1. The highest BCUT2D eigenvalue weighted by molar-refractivity contribution is 6.04. The molecule has 0 saturated heterocycles. The first-order valence-electron chi connectivity index (χ1n) is 9.22. The number of carbonyl (C=O) groups is 4. The summed E-state index contributed by atoms with van der Waals surface area (Å²) in [6.45, 7) is 3.30. The van der Waals surface area contributed by atoms with Crippen molar-refractivity contribution < 1.29 is 28.7 Å². The smallest absolute Gasteiger partial charge is 0.306 e. The number of ether oxygens (including phenoxy) is 2. The van der Waals surface area contributed by atoms with Crippen LogP contribution in [0.3, 0.4) is 0 Å². The lowest BCUT2D eigenvalue weighted by atomic mass is 10.1. The van der Waals surface area contributed by atoms with Gasteiger partial charge in [-0.2, -0.15) is 0 Å². The molecule has 2 aromatic carbocycles.